The maximum absolute atomic E-state index is 13.4. The molecule has 5 rings (SSSR count). The van der Waals surface area contributed by atoms with Gasteiger partial charge in [-0.1, -0.05) is 84.9 Å². The first kappa shape index (κ1) is 31.3. The Balaban J connectivity index is 0.00000135. The van der Waals surface area contributed by atoms with Crippen LogP contribution in [0.2, 0.25) is 0 Å². The molecular formula is C32H25F6NO4. The lowest BCUT2D eigenvalue weighted by molar-refractivity contribution is -0.274. The molecule has 4 aromatic carbocycles. The number of anilines is 1. The zero-order valence-corrected chi connectivity index (χ0v) is 22.4. The topological polar surface area (TPSA) is 66.8 Å². The summed E-state index contributed by atoms with van der Waals surface area (Å²) < 4.78 is 83.1. The molecule has 1 aliphatic heterocycles. The van der Waals surface area contributed by atoms with Gasteiger partial charge in [0.15, 0.2) is 6.10 Å². The number of fused-ring (bicyclic) bond motifs is 1. The molecule has 0 spiro atoms. The lowest BCUT2D eigenvalue weighted by atomic mass is 9.71. The fourth-order valence-corrected chi connectivity index (χ4v) is 5.45. The van der Waals surface area contributed by atoms with E-state index in [0.717, 1.165) is 22.3 Å². The highest BCUT2D eigenvalue weighted by Gasteiger charge is 2.47. The van der Waals surface area contributed by atoms with Gasteiger partial charge in [-0.3, -0.25) is 0 Å². The second kappa shape index (κ2) is 12.7. The van der Waals surface area contributed by atoms with Gasteiger partial charge in [0, 0.05) is 17.6 Å². The van der Waals surface area contributed by atoms with E-state index in [1.807, 2.05) is 60.7 Å². The van der Waals surface area contributed by atoms with Gasteiger partial charge in [0.05, 0.1) is 6.54 Å². The van der Waals surface area contributed by atoms with Gasteiger partial charge in [-0.15, -0.1) is 13.2 Å². The molecule has 43 heavy (non-hydrogen) atoms. The minimum atomic E-state index is -4.87. The summed E-state index contributed by atoms with van der Waals surface area (Å²) in [6, 6.07) is 29.8. The molecule has 1 heterocycles. The molecule has 0 radical (unpaired) electrons. The smallest absolute Gasteiger partial charge is 0.406 e. The molecule has 0 aliphatic carbocycles. The van der Waals surface area contributed by atoms with Gasteiger partial charge in [-0.25, -0.2) is 0 Å². The van der Waals surface area contributed by atoms with Crippen molar-refractivity contribution in [3.05, 3.63) is 120 Å². The Morgan fingerprint density at radius 3 is 2.12 bits per heavy atom. The van der Waals surface area contributed by atoms with E-state index in [9.17, 15) is 31.4 Å². The zero-order chi connectivity index (χ0) is 31.3. The molecule has 5 nitrogen and oxygen atoms in total. The van der Waals surface area contributed by atoms with E-state index >= 15 is 0 Å². The summed E-state index contributed by atoms with van der Waals surface area (Å²) in [6.07, 6.45) is -11.8. The number of para-hydroxylation sites is 1. The Bertz CT molecular complexity index is 1570. The van der Waals surface area contributed by atoms with Gasteiger partial charge in [0.25, 0.3) is 0 Å². The minimum Gasteiger partial charge on any atom is -0.406 e. The number of aliphatic hydroxyl groups excluding tert-OH is 1. The predicted molar refractivity (Wildman–Crippen MR) is 145 cm³/mol. The average molecular weight is 602 g/mol. The number of halogens is 6. The largest absolute Gasteiger partial charge is 0.573 e. The SMILES string of the molecule is O=C=O.O[C@H](CN1CC(Cc2cccc(OC(F)(F)F)c2)(c2cccc(-c3ccccc3)c2)c2ccccc21)C(F)(F)F. The molecule has 0 bridgehead atoms. The number of rotatable bonds is 7. The maximum atomic E-state index is 13.4. The molecule has 11 heteroatoms. The number of ether oxygens (including phenoxy) is 1. The highest BCUT2D eigenvalue weighted by molar-refractivity contribution is 5.70. The molecule has 1 N–H and O–H groups in total. The fraction of sp³-hybridized carbons (Fsp3) is 0.219. The molecule has 4 aromatic rings. The number of hydrogen-bond donors (Lipinski definition) is 1. The van der Waals surface area contributed by atoms with E-state index in [4.69, 9.17) is 9.59 Å². The number of β-amino-alcohol motifs (C(OH)–C–C–N with tert-alkyl or cyclic N) is 1. The van der Waals surface area contributed by atoms with Crippen molar-refractivity contribution >= 4 is 11.8 Å². The number of alkyl halides is 6. The van der Waals surface area contributed by atoms with Crippen LogP contribution in [0.1, 0.15) is 16.7 Å². The van der Waals surface area contributed by atoms with Crippen LogP contribution in [0.5, 0.6) is 5.75 Å². The molecule has 1 aliphatic rings. The van der Waals surface area contributed by atoms with Gasteiger partial charge in [0.2, 0.25) is 0 Å². The van der Waals surface area contributed by atoms with Crippen molar-refractivity contribution in [3.8, 4) is 16.9 Å². The summed E-state index contributed by atoms with van der Waals surface area (Å²) in [4.78, 5) is 17.7. The highest BCUT2D eigenvalue weighted by Crippen LogP contribution is 2.48. The Morgan fingerprint density at radius 2 is 1.44 bits per heavy atom. The second-order valence-electron chi connectivity index (χ2n) is 9.94. The van der Waals surface area contributed by atoms with Crippen molar-refractivity contribution < 1.29 is 45.8 Å². The van der Waals surface area contributed by atoms with Crippen LogP contribution in [-0.2, 0) is 21.4 Å². The first-order valence-corrected chi connectivity index (χ1v) is 13.0. The Morgan fingerprint density at radius 1 is 0.814 bits per heavy atom. The van der Waals surface area contributed by atoms with Crippen LogP contribution in [0, 0.1) is 0 Å². The standard InChI is InChI=1S/C31H25F6NO2.CO2/c32-30(33,34)28(39)19-38-20-29(26-14-4-5-15-27(26)38,18-21-8-6-13-25(16-21)40-31(35,36)37)24-12-7-11-23(17-24)22-9-2-1-3-10-22;2-1-3/h1-17,28,39H,18-20H2;/t28-,29?;/m1./s1. The summed E-state index contributed by atoms with van der Waals surface area (Å²) in [7, 11) is 0. The number of carbonyl (C=O) groups excluding carboxylic acids is 2. The number of benzene rings is 4. The van der Waals surface area contributed by atoms with Gasteiger partial charge in [-0.2, -0.15) is 22.8 Å². The quantitative estimate of drug-likeness (QED) is 0.233. The van der Waals surface area contributed by atoms with Crippen LogP contribution >= 0.6 is 0 Å². The van der Waals surface area contributed by atoms with E-state index in [0.29, 0.717) is 11.3 Å². The van der Waals surface area contributed by atoms with Gasteiger partial charge >= 0.3 is 18.7 Å². The van der Waals surface area contributed by atoms with Gasteiger partial charge in [0.1, 0.15) is 5.75 Å². The van der Waals surface area contributed by atoms with Crippen molar-refractivity contribution in [2.75, 3.05) is 18.0 Å². The Labute approximate surface area is 243 Å². The summed E-state index contributed by atoms with van der Waals surface area (Å²) in [5.74, 6) is -0.381. The maximum Gasteiger partial charge on any atom is 0.573 e. The fourth-order valence-electron chi connectivity index (χ4n) is 5.45. The normalized spacial score (nSPS) is 16.9. The van der Waals surface area contributed by atoms with Crippen molar-refractivity contribution in [2.45, 2.75) is 30.5 Å². The number of nitrogens with zero attached hydrogens (tertiary/aromatic N) is 1. The van der Waals surface area contributed by atoms with Crippen molar-refractivity contribution in [3.63, 3.8) is 0 Å². The van der Waals surface area contributed by atoms with Crippen molar-refractivity contribution in [2.24, 2.45) is 0 Å². The monoisotopic (exact) mass is 601 g/mol. The number of aliphatic hydroxyl groups is 1. The first-order valence-electron chi connectivity index (χ1n) is 13.0. The molecular weight excluding hydrogens is 576 g/mol. The van der Waals surface area contributed by atoms with Crippen LogP contribution in [0.4, 0.5) is 32.0 Å². The van der Waals surface area contributed by atoms with Crippen LogP contribution < -0.4 is 9.64 Å². The predicted octanol–water partition coefficient (Wildman–Crippen LogP) is 6.94. The Hall–Kier alpha value is -4.60. The van der Waals surface area contributed by atoms with Crippen LogP contribution in [0.15, 0.2) is 103 Å². The lowest BCUT2D eigenvalue weighted by Crippen LogP contribution is -2.44. The molecule has 0 amide bonds. The first-order chi connectivity index (χ1) is 20.4. The molecule has 0 aromatic heterocycles. The highest BCUT2D eigenvalue weighted by atomic mass is 19.4. The average Bonchev–Trinajstić information content (AvgIpc) is 3.26. The van der Waals surface area contributed by atoms with Gasteiger partial charge < -0.3 is 14.7 Å². The molecule has 0 saturated heterocycles. The lowest BCUT2D eigenvalue weighted by Gasteiger charge is -2.33. The van der Waals surface area contributed by atoms with Crippen LogP contribution in [0.3, 0.4) is 0 Å². The van der Waals surface area contributed by atoms with Crippen LogP contribution in [-0.4, -0.2) is 43.0 Å². The third kappa shape index (κ3) is 7.43. The van der Waals surface area contributed by atoms with E-state index < -0.39 is 30.6 Å². The molecule has 224 valence electrons. The molecule has 0 saturated carbocycles. The second-order valence-corrected chi connectivity index (χ2v) is 9.94. The van der Waals surface area contributed by atoms with E-state index in [1.165, 1.54) is 23.1 Å². The Kier molecular flexibility index (Phi) is 9.27. The summed E-state index contributed by atoms with van der Waals surface area (Å²) in [6.45, 7) is -0.611. The minimum absolute atomic E-state index is 0.0715. The zero-order valence-electron chi connectivity index (χ0n) is 22.4. The van der Waals surface area contributed by atoms with Crippen molar-refractivity contribution in [1.29, 1.82) is 0 Å². The van der Waals surface area contributed by atoms with E-state index in [-0.39, 0.29) is 24.9 Å². The van der Waals surface area contributed by atoms with E-state index in [2.05, 4.69) is 4.74 Å². The molecule has 1 unspecified atom stereocenters. The molecule has 2 atom stereocenters. The number of hydrogen-bond acceptors (Lipinski definition) is 5. The third-order valence-corrected chi connectivity index (χ3v) is 7.15. The summed E-state index contributed by atoms with van der Waals surface area (Å²) >= 11 is 0. The van der Waals surface area contributed by atoms with Gasteiger partial charge in [-0.05, 0) is 52.4 Å². The van der Waals surface area contributed by atoms with Crippen molar-refractivity contribution in [1.82, 2.24) is 0 Å². The van der Waals surface area contributed by atoms with E-state index in [1.54, 1.807) is 24.3 Å². The van der Waals surface area contributed by atoms with Crippen LogP contribution in [0.25, 0.3) is 11.1 Å². The third-order valence-electron chi connectivity index (χ3n) is 7.15. The summed E-state index contributed by atoms with van der Waals surface area (Å²) in [5.41, 5.74) is 3.43. The summed E-state index contributed by atoms with van der Waals surface area (Å²) in [5, 5.41) is 9.95. The molecule has 0 fully saturated rings.